The molecule has 10 unspecified atom stereocenters. The van der Waals surface area contributed by atoms with Crippen LogP contribution in [0.5, 0.6) is 0 Å². The molecule has 0 radical (unpaired) electrons. The van der Waals surface area contributed by atoms with Gasteiger partial charge in [-0.25, -0.2) is 18.2 Å². The van der Waals surface area contributed by atoms with E-state index < -0.39 is 64.5 Å². The first kappa shape index (κ1) is 36.8. The van der Waals surface area contributed by atoms with E-state index in [0.29, 0.717) is 25.7 Å². The maximum Gasteiger partial charge on any atom is 2.00 e. The molecule has 2 aromatic rings. The average molecular weight is 743 g/mol. The SMILES string of the molecule is CC12CC3(C)OC(C)(CC(C)(O1)C3(CP)c1cc([Si](C)(C)C)[cH-]c1C1(CP)C3(C)CC4(C)OC(C)(CC1(C)O4)O3)O2.[Fe+2].c1cc[cH-]c1. The minimum atomic E-state index is -1.73. The van der Waals surface area contributed by atoms with Gasteiger partial charge in [0, 0.05) is 36.5 Å². The first-order valence-electron chi connectivity index (χ1n) is 17.1. The van der Waals surface area contributed by atoms with E-state index in [2.05, 4.69) is 106 Å². The molecule has 0 aliphatic carbocycles. The predicted octanol–water partition coefficient (Wildman–Crippen LogP) is 7.22. The van der Waals surface area contributed by atoms with Crippen LogP contribution in [0.25, 0.3) is 0 Å². The Kier molecular flexibility index (Phi) is 8.28. The minimum Gasteiger partial charge on any atom is -0.344 e. The molecule has 8 bridgehead atoms. The third-order valence-corrected chi connectivity index (χ3v) is 16.0. The first-order chi connectivity index (χ1) is 21.0. The van der Waals surface area contributed by atoms with Crippen molar-refractivity contribution in [3.05, 3.63) is 53.6 Å². The van der Waals surface area contributed by atoms with Crippen molar-refractivity contribution in [2.45, 2.75) is 157 Å². The Morgan fingerprint density at radius 2 is 0.979 bits per heavy atom. The Labute approximate surface area is 299 Å². The first-order valence-corrected chi connectivity index (χ1v) is 22.3. The van der Waals surface area contributed by atoms with E-state index in [9.17, 15) is 0 Å². The van der Waals surface area contributed by atoms with Crippen LogP contribution in [0, 0.1) is 0 Å². The van der Waals surface area contributed by atoms with Gasteiger partial charge in [-0.15, -0.1) is 18.5 Å². The monoisotopic (exact) mass is 742 g/mol. The summed E-state index contributed by atoms with van der Waals surface area (Å²) in [5, 5.41) is 1.46. The van der Waals surface area contributed by atoms with E-state index in [4.69, 9.17) is 28.4 Å². The van der Waals surface area contributed by atoms with Crippen LogP contribution in [0.3, 0.4) is 0 Å². The van der Waals surface area contributed by atoms with Gasteiger partial charge in [0.05, 0.1) is 30.5 Å². The maximum atomic E-state index is 7.10. The molecule has 47 heavy (non-hydrogen) atoms. The Hall–Kier alpha value is 0.0564. The van der Waals surface area contributed by atoms with Crippen molar-refractivity contribution in [3.63, 3.8) is 0 Å². The van der Waals surface area contributed by atoms with Crippen LogP contribution >= 0.6 is 18.5 Å². The summed E-state index contributed by atoms with van der Waals surface area (Å²) in [6.07, 6.45) is 4.32. The summed E-state index contributed by atoms with van der Waals surface area (Å²) in [6, 6.07) is 15.1. The Bertz CT molecular complexity index is 1330. The molecule has 8 aliphatic heterocycles. The quantitative estimate of drug-likeness (QED) is 0.183. The van der Waals surface area contributed by atoms with E-state index in [1.807, 2.05) is 30.3 Å². The second-order valence-electron chi connectivity index (χ2n) is 17.8. The van der Waals surface area contributed by atoms with Crippen molar-refractivity contribution in [1.82, 2.24) is 0 Å². The molecule has 0 N–H and O–H groups in total. The van der Waals surface area contributed by atoms with Crippen molar-refractivity contribution in [1.29, 1.82) is 0 Å². The van der Waals surface area contributed by atoms with Crippen molar-refractivity contribution >= 4 is 31.7 Å². The van der Waals surface area contributed by atoms with Crippen LogP contribution in [0.15, 0.2) is 42.5 Å². The van der Waals surface area contributed by atoms with E-state index in [0.717, 1.165) is 12.3 Å². The standard InChI is InChI=1S/C32H51O6P2Si.C5H5.Fe/c1-23-14-27(5)34-24(2,15-28(6,33-23)37-27)31(23,18-39)21-12-20(41(9,10)11)13-22(21)32(19-40)25(3)16-29(7)36-26(32,4)17-30(8,35-25)38-29;1-2-4-5-3-1;/h12-13H,14-19,39-40H2,1-11H3;1-5H;/q2*-1;+2. The van der Waals surface area contributed by atoms with Crippen LogP contribution in [0.1, 0.15) is 92.2 Å². The van der Waals surface area contributed by atoms with Gasteiger partial charge in [0.25, 0.3) is 0 Å². The van der Waals surface area contributed by atoms with E-state index in [-0.39, 0.29) is 17.1 Å². The summed E-state index contributed by atoms with van der Waals surface area (Å²) in [4.78, 5) is 0. The van der Waals surface area contributed by atoms with Gasteiger partial charge < -0.3 is 28.4 Å². The summed E-state index contributed by atoms with van der Waals surface area (Å²) in [5.41, 5.74) is -0.164. The third-order valence-electron chi connectivity index (χ3n) is 12.7. The average Bonchev–Trinajstić information content (AvgIpc) is 3.53. The third kappa shape index (κ3) is 4.76. The van der Waals surface area contributed by atoms with E-state index in [1.165, 1.54) is 16.3 Å². The number of ether oxygens (including phenoxy) is 6. The normalized spacial score (nSPS) is 50.7. The molecule has 0 aromatic heterocycles. The predicted molar refractivity (Wildman–Crippen MR) is 192 cm³/mol. The summed E-state index contributed by atoms with van der Waals surface area (Å²) in [5.74, 6) is -2.73. The summed E-state index contributed by atoms with van der Waals surface area (Å²) >= 11 is 0. The van der Waals surface area contributed by atoms with Gasteiger partial charge >= 0.3 is 17.1 Å². The summed E-state index contributed by atoms with van der Waals surface area (Å²) < 4.78 is 41.4. The fourth-order valence-corrected chi connectivity index (χ4v) is 15.4. The number of rotatable bonds is 5. The van der Waals surface area contributed by atoms with Gasteiger partial charge in [-0.05, 0) is 67.7 Å². The number of hydrogen-bond donors (Lipinski definition) is 0. The molecule has 8 fully saturated rings. The molecule has 2 aromatic carbocycles. The molecule has 10 heteroatoms. The molecule has 8 heterocycles. The second-order valence-corrected chi connectivity index (χ2v) is 23.7. The fourth-order valence-electron chi connectivity index (χ4n) is 12.0. The van der Waals surface area contributed by atoms with Crippen LogP contribution < -0.4 is 5.19 Å². The molecular weight excluding hydrogens is 686 g/mol. The van der Waals surface area contributed by atoms with Gasteiger partial charge in [0.1, 0.15) is 0 Å². The largest absolute Gasteiger partial charge is 2.00 e. The molecule has 8 saturated heterocycles. The Morgan fingerprint density at radius 3 is 1.28 bits per heavy atom. The molecule has 6 nitrogen and oxygen atoms in total. The Morgan fingerprint density at radius 1 is 0.617 bits per heavy atom. The van der Waals surface area contributed by atoms with E-state index in [1.54, 1.807) is 0 Å². The molecular formula is C37H56FeO6P2Si. The van der Waals surface area contributed by atoms with Gasteiger partial charge in [-0.1, -0.05) is 19.6 Å². The smallest absolute Gasteiger partial charge is 0.344 e. The topological polar surface area (TPSA) is 55.4 Å². The number of hydrogen-bond acceptors (Lipinski definition) is 6. The molecule has 10 rings (SSSR count). The zero-order valence-corrected chi connectivity index (χ0v) is 34.7. The van der Waals surface area contributed by atoms with Gasteiger partial charge in [-0.3, -0.25) is 0 Å². The van der Waals surface area contributed by atoms with Gasteiger partial charge in [0.15, 0.2) is 23.1 Å². The van der Waals surface area contributed by atoms with Crippen LogP contribution in [0.4, 0.5) is 0 Å². The molecule has 262 valence electrons. The van der Waals surface area contributed by atoms with E-state index >= 15 is 0 Å². The van der Waals surface area contributed by atoms with Crippen molar-refractivity contribution in [3.8, 4) is 0 Å². The van der Waals surface area contributed by atoms with Gasteiger partial charge in [0.2, 0.25) is 0 Å². The zero-order valence-electron chi connectivity index (χ0n) is 30.2. The van der Waals surface area contributed by atoms with Gasteiger partial charge in [-0.2, -0.15) is 40.6 Å². The summed E-state index contributed by atoms with van der Waals surface area (Å²) in [7, 11) is 4.51. The molecule has 0 saturated carbocycles. The van der Waals surface area contributed by atoms with Crippen molar-refractivity contribution in [2.75, 3.05) is 12.3 Å². The molecule has 0 amide bonds. The molecule has 0 spiro atoms. The van der Waals surface area contributed by atoms with Crippen molar-refractivity contribution < 1.29 is 45.5 Å². The second kappa shape index (κ2) is 10.6. The van der Waals surface area contributed by atoms with Crippen LogP contribution in [-0.2, 0) is 56.3 Å². The summed E-state index contributed by atoms with van der Waals surface area (Å²) in [6.45, 7) is 25.0. The van der Waals surface area contributed by atoms with Crippen molar-refractivity contribution in [2.24, 2.45) is 0 Å². The Balaban J connectivity index is 0.000000591. The molecule has 8 aliphatic rings. The minimum absolute atomic E-state index is 0. The molecule has 10 atom stereocenters. The fraction of sp³-hybridized carbons (Fsp3) is 0.730. The zero-order chi connectivity index (χ0) is 33.7. The van der Waals surface area contributed by atoms with Crippen LogP contribution in [-0.4, -0.2) is 66.0 Å². The van der Waals surface area contributed by atoms with Crippen LogP contribution in [0.2, 0.25) is 19.6 Å². The maximum absolute atomic E-state index is 7.10.